The highest BCUT2D eigenvalue weighted by molar-refractivity contribution is 5.72. The lowest BCUT2D eigenvalue weighted by Crippen LogP contribution is -2.45. The Morgan fingerprint density at radius 2 is 1.94 bits per heavy atom. The van der Waals surface area contributed by atoms with Crippen LogP contribution in [0.5, 0.6) is 0 Å². The van der Waals surface area contributed by atoms with Crippen molar-refractivity contribution in [2.75, 3.05) is 19.6 Å². The van der Waals surface area contributed by atoms with E-state index in [-0.39, 0.29) is 6.04 Å². The summed E-state index contributed by atoms with van der Waals surface area (Å²) in [6.45, 7) is 8.97. The minimum atomic E-state index is -0.709. The molecule has 1 saturated heterocycles. The molecule has 0 saturated carbocycles. The van der Waals surface area contributed by atoms with Crippen molar-refractivity contribution in [2.45, 2.75) is 45.7 Å². The number of carboxylic acids is 1. The van der Waals surface area contributed by atoms with Crippen LogP contribution < -0.4 is 5.32 Å². The molecule has 0 spiro atoms. The van der Waals surface area contributed by atoms with Gasteiger partial charge < -0.3 is 10.4 Å². The summed E-state index contributed by atoms with van der Waals surface area (Å²) in [5.41, 5.74) is 0. The molecule has 0 amide bonds. The van der Waals surface area contributed by atoms with Crippen LogP contribution >= 0.6 is 0 Å². The number of aliphatic carboxylic acids is 1. The molecule has 4 nitrogen and oxygen atoms in total. The second kappa shape index (κ2) is 6.21. The Bertz CT molecular complexity index is 223. The van der Waals surface area contributed by atoms with Crippen molar-refractivity contribution < 1.29 is 9.90 Å². The van der Waals surface area contributed by atoms with Crippen molar-refractivity contribution in [2.24, 2.45) is 5.92 Å². The SMILES string of the molecule is CC(C)NCC1CCN(C(C)C(=O)O)CC1. The van der Waals surface area contributed by atoms with Crippen LogP contribution in [0, 0.1) is 5.92 Å². The van der Waals surface area contributed by atoms with E-state index in [2.05, 4.69) is 24.1 Å². The summed E-state index contributed by atoms with van der Waals surface area (Å²) in [5.74, 6) is -0.00148. The molecular weight excluding hydrogens is 204 g/mol. The van der Waals surface area contributed by atoms with E-state index < -0.39 is 5.97 Å². The zero-order valence-corrected chi connectivity index (χ0v) is 10.6. The average Bonchev–Trinajstić information content (AvgIpc) is 2.26. The van der Waals surface area contributed by atoms with Crippen LogP contribution in [0.4, 0.5) is 0 Å². The Hall–Kier alpha value is -0.610. The van der Waals surface area contributed by atoms with Gasteiger partial charge in [-0.1, -0.05) is 13.8 Å². The third-order valence-electron chi connectivity index (χ3n) is 3.37. The maximum Gasteiger partial charge on any atom is 0.320 e. The first kappa shape index (κ1) is 13.5. The van der Waals surface area contributed by atoms with Gasteiger partial charge in [0.25, 0.3) is 0 Å². The number of carboxylic acid groups (broad SMARTS) is 1. The van der Waals surface area contributed by atoms with E-state index in [4.69, 9.17) is 5.11 Å². The van der Waals surface area contributed by atoms with Gasteiger partial charge in [0.15, 0.2) is 0 Å². The van der Waals surface area contributed by atoms with Gasteiger partial charge in [0.1, 0.15) is 6.04 Å². The second-order valence-electron chi connectivity index (χ2n) is 5.06. The largest absolute Gasteiger partial charge is 0.480 e. The lowest BCUT2D eigenvalue weighted by molar-refractivity contribution is -0.143. The lowest BCUT2D eigenvalue weighted by atomic mass is 9.95. The van der Waals surface area contributed by atoms with E-state index in [0.29, 0.717) is 12.0 Å². The number of nitrogens with one attached hydrogen (secondary N) is 1. The van der Waals surface area contributed by atoms with E-state index in [1.807, 2.05) is 0 Å². The zero-order valence-electron chi connectivity index (χ0n) is 10.6. The molecule has 0 radical (unpaired) electrons. The molecule has 1 atom stereocenters. The van der Waals surface area contributed by atoms with Crippen LogP contribution in [0.2, 0.25) is 0 Å². The van der Waals surface area contributed by atoms with Gasteiger partial charge in [0, 0.05) is 6.04 Å². The molecule has 0 aromatic heterocycles. The van der Waals surface area contributed by atoms with Crippen molar-refractivity contribution in [3.05, 3.63) is 0 Å². The molecule has 1 unspecified atom stereocenters. The summed E-state index contributed by atoms with van der Waals surface area (Å²) in [5, 5.41) is 12.4. The lowest BCUT2D eigenvalue weighted by Gasteiger charge is -2.34. The quantitative estimate of drug-likeness (QED) is 0.741. The van der Waals surface area contributed by atoms with Gasteiger partial charge in [-0.25, -0.2) is 0 Å². The molecule has 2 N–H and O–H groups in total. The molecule has 16 heavy (non-hydrogen) atoms. The first-order chi connectivity index (χ1) is 7.50. The summed E-state index contributed by atoms with van der Waals surface area (Å²) >= 11 is 0. The van der Waals surface area contributed by atoms with E-state index in [1.54, 1.807) is 6.92 Å². The van der Waals surface area contributed by atoms with Crippen molar-refractivity contribution >= 4 is 5.97 Å². The zero-order chi connectivity index (χ0) is 12.1. The number of hydrogen-bond donors (Lipinski definition) is 2. The second-order valence-corrected chi connectivity index (χ2v) is 5.06. The third-order valence-corrected chi connectivity index (χ3v) is 3.37. The standard InChI is InChI=1S/C12H24N2O2/c1-9(2)13-8-11-4-6-14(7-5-11)10(3)12(15)16/h9-11,13H,4-8H2,1-3H3,(H,15,16). The first-order valence-electron chi connectivity index (χ1n) is 6.21. The molecule has 1 aliphatic rings. The van der Waals surface area contributed by atoms with Gasteiger partial charge in [-0.2, -0.15) is 0 Å². The summed E-state index contributed by atoms with van der Waals surface area (Å²) in [7, 11) is 0. The van der Waals surface area contributed by atoms with Crippen LogP contribution in [0.15, 0.2) is 0 Å². The van der Waals surface area contributed by atoms with Crippen molar-refractivity contribution in [3.63, 3.8) is 0 Å². The summed E-state index contributed by atoms with van der Waals surface area (Å²) in [4.78, 5) is 12.9. The Morgan fingerprint density at radius 1 is 1.38 bits per heavy atom. The minimum Gasteiger partial charge on any atom is -0.480 e. The molecule has 4 heteroatoms. The minimum absolute atomic E-state index is 0.334. The highest BCUT2D eigenvalue weighted by Gasteiger charge is 2.25. The third kappa shape index (κ3) is 4.10. The number of rotatable bonds is 5. The number of piperidine rings is 1. The Kier molecular flexibility index (Phi) is 5.22. The maximum absolute atomic E-state index is 10.8. The molecule has 0 aromatic rings. The molecule has 1 aliphatic heterocycles. The van der Waals surface area contributed by atoms with Gasteiger partial charge in [0.2, 0.25) is 0 Å². The molecule has 1 heterocycles. The topological polar surface area (TPSA) is 52.6 Å². The maximum atomic E-state index is 10.8. The molecule has 0 aromatic carbocycles. The first-order valence-corrected chi connectivity index (χ1v) is 6.21. The van der Waals surface area contributed by atoms with E-state index >= 15 is 0 Å². The van der Waals surface area contributed by atoms with Gasteiger partial charge in [-0.15, -0.1) is 0 Å². The van der Waals surface area contributed by atoms with E-state index in [0.717, 1.165) is 32.5 Å². The number of carbonyl (C=O) groups is 1. The van der Waals surface area contributed by atoms with Crippen molar-refractivity contribution in [3.8, 4) is 0 Å². The summed E-state index contributed by atoms with van der Waals surface area (Å²) < 4.78 is 0. The van der Waals surface area contributed by atoms with Crippen LogP contribution in [-0.2, 0) is 4.79 Å². The fourth-order valence-electron chi connectivity index (χ4n) is 2.10. The molecule has 1 fully saturated rings. The van der Waals surface area contributed by atoms with Gasteiger partial charge in [-0.05, 0) is 45.3 Å². The molecule has 0 aliphatic carbocycles. The summed E-state index contributed by atoms with van der Waals surface area (Å²) in [6.07, 6.45) is 2.22. The normalized spacial score (nSPS) is 21.2. The summed E-state index contributed by atoms with van der Waals surface area (Å²) in [6, 6.07) is 0.204. The highest BCUT2D eigenvalue weighted by atomic mass is 16.4. The highest BCUT2D eigenvalue weighted by Crippen LogP contribution is 2.18. The monoisotopic (exact) mass is 228 g/mol. The predicted molar refractivity (Wildman–Crippen MR) is 64.5 cm³/mol. The Morgan fingerprint density at radius 3 is 2.38 bits per heavy atom. The van der Waals surface area contributed by atoms with Crippen LogP contribution in [0.1, 0.15) is 33.6 Å². The molecule has 1 rings (SSSR count). The van der Waals surface area contributed by atoms with Crippen LogP contribution in [0.3, 0.4) is 0 Å². The molecule has 94 valence electrons. The fourth-order valence-corrected chi connectivity index (χ4v) is 2.10. The van der Waals surface area contributed by atoms with Gasteiger partial charge >= 0.3 is 5.97 Å². The van der Waals surface area contributed by atoms with Gasteiger partial charge in [-0.3, -0.25) is 9.69 Å². The van der Waals surface area contributed by atoms with Crippen molar-refractivity contribution in [1.82, 2.24) is 10.2 Å². The average molecular weight is 228 g/mol. The van der Waals surface area contributed by atoms with Gasteiger partial charge in [0.05, 0.1) is 0 Å². The van der Waals surface area contributed by atoms with E-state index in [1.165, 1.54) is 0 Å². The van der Waals surface area contributed by atoms with E-state index in [9.17, 15) is 4.79 Å². The molecular formula is C12H24N2O2. The van der Waals surface area contributed by atoms with Crippen LogP contribution in [-0.4, -0.2) is 47.7 Å². The smallest absolute Gasteiger partial charge is 0.320 e. The number of likely N-dealkylation sites (tertiary alicyclic amines) is 1. The van der Waals surface area contributed by atoms with Crippen molar-refractivity contribution in [1.29, 1.82) is 0 Å². The predicted octanol–water partition coefficient (Wildman–Crippen LogP) is 1.17. The Balaban J connectivity index is 2.25. The molecule has 0 bridgehead atoms. The fraction of sp³-hybridized carbons (Fsp3) is 0.917. The number of nitrogens with zero attached hydrogens (tertiary/aromatic N) is 1. The number of hydrogen-bond acceptors (Lipinski definition) is 3. The van der Waals surface area contributed by atoms with Crippen LogP contribution in [0.25, 0.3) is 0 Å². The Labute approximate surface area is 98.0 Å².